The number of ether oxygens (including phenoxy) is 2. The van der Waals surface area contributed by atoms with E-state index in [4.69, 9.17) is 9.47 Å². The van der Waals surface area contributed by atoms with Crippen molar-refractivity contribution in [2.45, 2.75) is 58.3 Å². The third-order valence-electron chi connectivity index (χ3n) is 6.73. The van der Waals surface area contributed by atoms with Crippen molar-refractivity contribution in [3.05, 3.63) is 107 Å². The molecule has 0 spiro atoms. The van der Waals surface area contributed by atoms with Crippen LogP contribution in [0.4, 0.5) is 4.79 Å². The molecule has 0 N–H and O–H groups in total. The van der Waals surface area contributed by atoms with Gasteiger partial charge in [-0.3, -0.25) is 9.69 Å². The van der Waals surface area contributed by atoms with Crippen molar-refractivity contribution in [1.82, 2.24) is 9.80 Å². The lowest BCUT2D eigenvalue weighted by Gasteiger charge is -2.39. The third-order valence-corrected chi connectivity index (χ3v) is 6.73. The van der Waals surface area contributed by atoms with Crippen LogP contribution in [0.2, 0.25) is 0 Å². The highest BCUT2D eigenvalue weighted by Crippen LogP contribution is 2.27. The number of nitrogens with zero attached hydrogens (tertiary/aromatic N) is 2. The van der Waals surface area contributed by atoms with Gasteiger partial charge in [0.05, 0.1) is 19.2 Å². The smallest absolute Gasteiger partial charge is 0.411 e. The Balaban J connectivity index is 1.63. The Morgan fingerprint density at radius 1 is 0.872 bits per heavy atom. The van der Waals surface area contributed by atoms with Crippen LogP contribution >= 0.6 is 0 Å². The van der Waals surface area contributed by atoms with E-state index in [9.17, 15) is 14.4 Å². The van der Waals surface area contributed by atoms with E-state index in [2.05, 4.69) is 0 Å². The first-order chi connectivity index (χ1) is 18.6. The fourth-order valence-corrected chi connectivity index (χ4v) is 4.73. The summed E-state index contributed by atoms with van der Waals surface area (Å²) in [6.07, 6.45) is 0.584. The molecule has 204 valence electrons. The van der Waals surface area contributed by atoms with Crippen molar-refractivity contribution < 1.29 is 23.9 Å². The molecule has 4 rings (SSSR count). The number of fused-ring (bicyclic) bond motifs is 1. The van der Waals surface area contributed by atoms with E-state index in [-0.39, 0.29) is 5.91 Å². The topological polar surface area (TPSA) is 76.2 Å². The van der Waals surface area contributed by atoms with Gasteiger partial charge >= 0.3 is 12.1 Å². The standard InChI is InChI=1S/C32H36N2O5/c1-32(2,3)39-31(37)34-22-27-13-9-8-12-26(27)20-28(34)29(35)33(19-18-23-10-6-5-7-11-23)21-24-14-16-25(17-15-24)30(36)38-4/h5-17,28H,18-22H2,1-4H3. The van der Waals surface area contributed by atoms with Crippen molar-refractivity contribution in [3.8, 4) is 0 Å². The van der Waals surface area contributed by atoms with Gasteiger partial charge in [-0.15, -0.1) is 0 Å². The second-order valence-corrected chi connectivity index (χ2v) is 10.8. The number of carbonyl (C=O) groups excluding carboxylic acids is 3. The minimum atomic E-state index is -0.695. The average molecular weight is 529 g/mol. The van der Waals surface area contributed by atoms with Crippen LogP contribution in [0.1, 0.15) is 53.4 Å². The van der Waals surface area contributed by atoms with Crippen LogP contribution in [-0.2, 0) is 40.2 Å². The number of esters is 1. The molecule has 0 aromatic heterocycles. The second-order valence-electron chi connectivity index (χ2n) is 10.8. The van der Waals surface area contributed by atoms with Gasteiger partial charge in [-0.25, -0.2) is 9.59 Å². The Kier molecular flexibility index (Phi) is 8.69. The molecule has 3 aromatic carbocycles. The van der Waals surface area contributed by atoms with Crippen molar-refractivity contribution >= 4 is 18.0 Å². The van der Waals surface area contributed by atoms with Gasteiger partial charge in [0.25, 0.3) is 0 Å². The number of benzene rings is 3. The van der Waals surface area contributed by atoms with Crippen LogP contribution in [0.15, 0.2) is 78.9 Å². The van der Waals surface area contributed by atoms with Crippen LogP contribution in [0.5, 0.6) is 0 Å². The normalized spacial score (nSPS) is 14.8. The maximum atomic E-state index is 14.2. The zero-order valence-electron chi connectivity index (χ0n) is 23.1. The summed E-state index contributed by atoms with van der Waals surface area (Å²) in [7, 11) is 1.35. The van der Waals surface area contributed by atoms with E-state index < -0.39 is 23.7 Å². The fourth-order valence-electron chi connectivity index (χ4n) is 4.73. The quantitative estimate of drug-likeness (QED) is 0.384. The molecule has 0 radical (unpaired) electrons. The summed E-state index contributed by atoms with van der Waals surface area (Å²) in [5.74, 6) is -0.546. The highest BCUT2D eigenvalue weighted by atomic mass is 16.6. The number of carbonyl (C=O) groups is 3. The minimum absolute atomic E-state index is 0.136. The van der Waals surface area contributed by atoms with Gasteiger partial charge < -0.3 is 14.4 Å². The monoisotopic (exact) mass is 528 g/mol. The first-order valence-corrected chi connectivity index (χ1v) is 13.2. The van der Waals surface area contributed by atoms with Gasteiger partial charge in [0, 0.05) is 19.5 Å². The molecule has 2 amide bonds. The molecule has 0 saturated carbocycles. The number of methoxy groups -OCH3 is 1. The van der Waals surface area contributed by atoms with Crippen LogP contribution in [0.25, 0.3) is 0 Å². The molecule has 1 heterocycles. The predicted molar refractivity (Wildman–Crippen MR) is 149 cm³/mol. The molecule has 0 fully saturated rings. The van der Waals surface area contributed by atoms with Gasteiger partial charge in [0.1, 0.15) is 11.6 Å². The van der Waals surface area contributed by atoms with E-state index in [1.54, 1.807) is 21.9 Å². The highest BCUT2D eigenvalue weighted by molar-refractivity contribution is 5.89. The average Bonchev–Trinajstić information content (AvgIpc) is 2.93. The van der Waals surface area contributed by atoms with Crippen LogP contribution < -0.4 is 0 Å². The minimum Gasteiger partial charge on any atom is -0.465 e. The molecule has 1 aliphatic heterocycles. The van der Waals surface area contributed by atoms with E-state index in [0.29, 0.717) is 38.0 Å². The lowest BCUT2D eigenvalue weighted by molar-refractivity contribution is -0.138. The summed E-state index contributed by atoms with van der Waals surface area (Å²) < 4.78 is 10.5. The molecule has 1 unspecified atom stereocenters. The predicted octanol–water partition coefficient (Wildman–Crippen LogP) is 5.41. The lowest BCUT2D eigenvalue weighted by atomic mass is 9.93. The highest BCUT2D eigenvalue weighted by Gasteiger charge is 2.38. The summed E-state index contributed by atoms with van der Waals surface area (Å²) >= 11 is 0. The lowest BCUT2D eigenvalue weighted by Crippen LogP contribution is -2.54. The van der Waals surface area contributed by atoms with E-state index in [1.807, 2.05) is 87.5 Å². The molecule has 1 atom stereocenters. The largest absolute Gasteiger partial charge is 0.465 e. The molecule has 39 heavy (non-hydrogen) atoms. The molecule has 1 aliphatic rings. The van der Waals surface area contributed by atoms with E-state index >= 15 is 0 Å². The van der Waals surface area contributed by atoms with Gasteiger partial charge in [-0.05, 0) is 61.6 Å². The molecule has 3 aromatic rings. The summed E-state index contributed by atoms with van der Waals surface area (Å²) in [6, 6.07) is 24.3. The van der Waals surface area contributed by atoms with Crippen LogP contribution in [-0.4, -0.2) is 53.1 Å². The molecular formula is C32H36N2O5. The maximum absolute atomic E-state index is 14.2. The molecule has 7 nitrogen and oxygen atoms in total. The number of rotatable bonds is 7. The molecule has 0 saturated heterocycles. The van der Waals surface area contributed by atoms with Gasteiger partial charge in [-0.1, -0.05) is 66.7 Å². The molecule has 7 heteroatoms. The molecule has 0 aliphatic carbocycles. The van der Waals surface area contributed by atoms with Gasteiger partial charge in [0.15, 0.2) is 0 Å². The van der Waals surface area contributed by atoms with E-state index in [1.165, 1.54) is 7.11 Å². The first-order valence-electron chi connectivity index (χ1n) is 13.2. The summed E-state index contributed by atoms with van der Waals surface area (Å²) in [4.78, 5) is 42.8. The fraction of sp³-hybridized carbons (Fsp3) is 0.344. The SMILES string of the molecule is COC(=O)c1ccc(CN(CCc2ccccc2)C(=O)C2Cc3ccccc3CN2C(=O)OC(C)(C)C)cc1. The number of amides is 2. The number of hydrogen-bond donors (Lipinski definition) is 0. The van der Waals surface area contributed by atoms with Crippen molar-refractivity contribution in [2.75, 3.05) is 13.7 Å². The zero-order valence-corrected chi connectivity index (χ0v) is 23.1. The zero-order chi connectivity index (χ0) is 28.0. The van der Waals surface area contributed by atoms with Crippen molar-refractivity contribution in [2.24, 2.45) is 0 Å². The summed E-state index contributed by atoms with van der Waals surface area (Å²) in [5, 5.41) is 0. The Labute approximate surface area is 230 Å². The third kappa shape index (κ3) is 7.25. The Morgan fingerprint density at radius 2 is 1.51 bits per heavy atom. The Bertz CT molecular complexity index is 1300. The van der Waals surface area contributed by atoms with Crippen LogP contribution in [0, 0.1) is 0 Å². The molecule has 0 bridgehead atoms. The Morgan fingerprint density at radius 3 is 2.15 bits per heavy atom. The van der Waals surface area contributed by atoms with Crippen molar-refractivity contribution in [1.29, 1.82) is 0 Å². The Hall–Kier alpha value is -4.13. The number of hydrogen-bond acceptors (Lipinski definition) is 5. The van der Waals surface area contributed by atoms with E-state index in [0.717, 1.165) is 22.3 Å². The summed E-state index contributed by atoms with van der Waals surface area (Å²) in [5.41, 5.74) is 3.83. The second kappa shape index (κ2) is 12.2. The van der Waals surface area contributed by atoms with Gasteiger partial charge in [-0.2, -0.15) is 0 Å². The van der Waals surface area contributed by atoms with Crippen LogP contribution in [0.3, 0.4) is 0 Å². The van der Waals surface area contributed by atoms with Gasteiger partial charge in [0.2, 0.25) is 5.91 Å². The molecular weight excluding hydrogens is 492 g/mol. The van der Waals surface area contributed by atoms with Crippen molar-refractivity contribution in [3.63, 3.8) is 0 Å². The summed E-state index contributed by atoms with van der Waals surface area (Å²) in [6.45, 7) is 6.59. The maximum Gasteiger partial charge on any atom is 0.411 e. The first kappa shape index (κ1) is 27.9.